The van der Waals surface area contributed by atoms with Crippen molar-refractivity contribution in [3.05, 3.63) is 127 Å². The molecule has 4 aliphatic rings. The van der Waals surface area contributed by atoms with Crippen molar-refractivity contribution in [2.75, 3.05) is 37.9 Å². The van der Waals surface area contributed by atoms with Gasteiger partial charge < -0.3 is 20.1 Å². The minimum Gasteiger partial charge on any atom is -0.469 e. The lowest BCUT2D eigenvalue weighted by Crippen LogP contribution is -2.53. The number of nitrogens with one attached hydrogen (secondary N) is 4. The van der Waals surface area contributed by atoms with E-state index in [9.17, 15) is 19.2 Å². The van der Waals surface area contributed by atoms with Gasteiger partial charge in [-0.15, -0.1) is 0 Å². The lowest BCUT2D eigenvalue weighted by molar-refractivity contribution is -0.142. The normalized spacial score (nSPS) is 21.1. The second-order valence-corrected chi connectivity index (χ2v) is 17.7. The lowest BCUT2D eigenvalue weighted by atomic mass is 9.72. The number of fused-ring (bicyclic) bond motifs is 2. The van der Waals surface area contributed by atoms with Crippen LogP contribution in [-0.2, 0) is 39.7 Å². The predicted molar refractivity (Wildman–Crippen MR) is 236 cm³/mol. The van der Waals surface area contributed by atoms with Gasteiger partial charge in [0.1, 0.15) is 11.1 Å². The Morgan fingerprint density at radius 3 is 1.35 bits per heavy atom. The Labute approximate surface area is 370 Å². The van der Waals surface area contributed by atoms with E-state index >= 15 is 0 Å². The number of anilines is 2. The van der Waals surface area contributed by atoms with Gasteiger partial charge in [0, 0.05) is 67.3 Å². The standard InChI is InChI=1S/2C23H24Cl2N2O3/c2*1-30-21(28)10-9-18(15-3-2-4-16(24)11-15)23(26-13-14-5-6-14)19-8-7-17(25)12-20(19)27-22(23)29/h2*2-4,7-8,11-12,14,18,26H,5-6,9-10,13H2,1H3,(H,27,29)/t2*18-,23-/m10/s1. The molecule has 4 atom stereocenters. The van der Waals surface area contributed by atoms with Crippen LogP contribution in [0.2, 0.25) is 20.1 Å². The molecule has 0 spiro atoms. The third-order valence-electron chi connectivity index (χ3n) is 12.0. The van der Waals surface area contributed by atoms with Crippen LogP contribution < -0.4 is 21.3 Å². The molecule has 2 aliphatic carbocycles. The fourth-order valence-electron chi connectivity index (χ4n) is 8.60. The van der Waals surface area contributed by atoms with Crippen LogP contribution >= 0.6 is 46.4 Å². The van der Waals surface area contributed by atoms with Crippen LogP contribution in [0.15, 0.2) is 84.9 Å². The summed E-state index contributed by atoms with van der Waals surface area (Å²) in [6, 6.07) is 25.9. The Balaban J connectivity index is 0.000000181. The van der Waals surface area contributed by atoms with E-state index in [2.05, 4.69) is 21.3 Å². The Bertz CT molecular complexity index is 2110. The van der Waals surface area contributed by atoms with E-state index < -0.39 is 11.1 Å². The summed E-state index contributed by atoms with van der Waals surface area (Å²) >= 11 is 25.0. The van der Waals surface area contributed by atoms with Crippen molar-refractivity contribution in [3.8, 4) is 0 Å². The highest BCUT2D eigenvalue weighted by Crippen LogP contribution is 2.51. The summed E-state index contributed by atoms with van der Waals surface area (Å²) < 4.78 is 9.75. The summed E-state index contributed by atoms with van der Waals surface area (Å²) in [7, 11) is 2.74. The predicted octanol–water partition coefficient (Wildman–Crippen LogP) is 9.75. The van der Waals surface area contributed by atoms with Crippen LogP contribution in [0.1, 0.15) is 85.5 Å². The molecule has 2 amide bonds. The van der Waals surface area contributed by atoms with Gasteiger partial charge in [-0.1, -0.05) is 82.8 Å². The van der Waals surface area contributed by atoms with E-state index in [-0.39, 0.29) is 48.4 Å². The number of esters is 2. The molecule has 4 N–H and O–H groups in total. The van der Waals surface area contributed by atoms with E-state index in [1.54, 1.807) is 36.4 Å². The highest BCUT2D eigenvalue weighted by atomic mass is 35.5. The number of carbonyl (C=O) groups excluding carboxylic acids is 4. The molecule has 2 fully saturated rings. The fourth-order valence-corrected chi connectivity index (χ4v) is 9.34. The zero-order valence-corrected chi connectivity index (χ0v) is 36.4. The number of methoxy groups -OCH3 is 2. The number of carbonyl (C=O) groups is 4. The van der Waals surface area contributed by atoms with Gasteiger partial charge in [0.25, 0.3) is 0 Å². The first-order valence-corrected chi connectivity index (χ1v) is 21.8. The van der Waals surface area contributed by atoms with Crippen molar-refractivity contribution >= 4 is 81.5 Å². The number of hydrogen-bond acceptors (Lipinski definition) is 8. The Morgan fingerprint density at radius 2 is 1.00 bits per heavy atom. The monoisotopic (exact) mass is 892 g/mol. The number of rotatable bonds is 16. The first kappa shape index (κ1) is 43.9. The van der Waals surface area contributed by atoms with Crippen molar-refractivity contribution in [1.82, 2.24) is 10.6 Å². The maximum Gasteiger partial charge on any atom is 0.305 e. The number of halogens is 4. The highest BCUT2D eigenvalue weighted by Gasteiger charge is 2.54. The van der Waals surface area contributed by atoms with Gasteiger partial charge >= 0.3 is 11.9 Å². The molecule has 10 nitrogen and oxygen atoms in total. The number of hydrogen-bond donors (Lipinski definition) is 4. The minimum atomic E-state index is -1.03. The quantitative estimate of drug-likeness (QED) is 0.0818. The van der Waals surface area contributed by atoms with Crippen LogP contribution in [0.3, 0.4) is 0 Å². The van der Waals surface area contributed by atoms with Gasteiger partial charge in [-0.3, -0.25) is 29.8 Å². The molecule has 60 heavy (non-hydrogen) atoms. The van der Waals surface area contributed by atoms with Gasteiger partial charge in [0.05, 0.1) is 14.2 Å². The molecule has 14 heteroatoms. The summed E-state index contributed by atoms with van der Waals surface area (Å²) in [5, 5.41) is 15.5. The average molecular weight is 895 g/mol. The average Bonchev–Trinajstić information content (AvgIpc) is 4.17. The van der Waals surface area contributed by atoms with Crippen molar-refractivity contribution in [1.29, 1.82) is 0 Å². The number of benzene rings is 4. The third-order valence-corrected chi connectivity index (χ3v) is 13.0. The minimum absolute atomic E-state index is 0.143. The lowest BCUT2D eigenvalue weighted by Gasteiger charge is -2.37. The molecule has 0 saturated heterocycles. The van der Waals surface area contributed by atoms with Crippen LogP contribution in [-0.4, -0.2) is 51.1 Å². The maximum absolute atomic E-state index is 13.5. The second-order valence-electron chi connectivity index (χ2n) is 16.0. The van der Waals surface area contributed by atoms with E-state index in [0.717, 1.165) is 61.0 Å². The summed E-state index contributed by atoms with van der Waals surface area (Å²) in [5.74, 6) is -0.431. The molecular formula is C46H48Cl4N4O6. The van der Waals surface area contributed by atoms with E-state index in [0.29, 0.717) is 56.1 Å². The van der Waals surface area contributed by atoms with Crippen molar-refractivity contribution in [2.45, 2.75) is 74.3 Å². The van der Waals surface area contributed by atoms with Gasteiger partial charge in [0.15, 0.2) is 0 Å². The van der Waals surface area contributed by atoms with Gasteiger partial charge in [-0.2, -0.15) is 0 Å². The Morgan fingerprint density at radius 1 is 0.617 bits per heavy atom. The topological polar surface area (TPSA) is 135 Å². The number of ether oxygens (including phenoxy) is 2. The largest absolute Gasteiger partial charge is 0.469 e. The first-order valence-electron chi connectivity index (χ1n) is 20.3. The highest BCUT2D eigenvalue weighted by molar-refractivity contribution is 6.32. The molecule has 0 aromatic heterocycles. The molecule has 4 aromatic rings. The van der Waals surface area contributed by atoms with Crippen LogP contribution in [0.25, 0.3) is 0 Å². The van der Waals surface area contributed by atoms with Gasteiger partial charge in [-0.05, 0) is 123 Å². The third kappa shape index (κ3) is 9.49. The first-order chi connectivity index (χ1) is 28.9. The molecule has 8 rings (SSSR count). The fraction of sp³-hybridized carbons (Fsp3) is 0.391. The molecule has 4 aromatic carbocycles. The van der Waals surface area contributed by atoms with Crippen LogP contribution in [0.4, 0.5) is 11.4 Å². The van der Waals surface area contributed by atoms with Crippen molar-refractivity contribution < 1.29 is 28.7 Å². The molecular weight excluding hydrogens is 846 g/mol. The Kier molecular flexibility index (Phi) is 13.8. The summed E-state index contributed by atoms with van der Waals surface area (Å²) in [5.41, 5.74) is 2.81. The van der Waals surface area contributed by atoms with Crippen LogP contribution in [0.5, 0.6) is 0 Å². The molecule has 2 heterocycles. The molecule has 0 radical (unpaired) electrons. The smallest absolute Gasteiger partial charge is 0.305 e. The van der Waals surface area contributed by atoms with E-state index in [1.165, 1.54) is 14.2 Å². The van der Waals surface area contributed by atoms with Gasteiger partial charge in [0.2, 0.25) is 11.8 Å². The summed E-state index contributed by atoms with van der Waals surface area (Å²) in [6.45, 7) is 1.45. The van der Waals surface area contributed by atoms with E-state index in [1.807, 2.05) is 48.5 Å². The zero-order valence-electron chi connectivity index (χ0n) is 33.4. The molecule has 2 aliphatic heterocycles. The number of amides is 2. The second kappa shape index (κ2) is 18.8. The summed E-state index contributed by atoms with van der Waals surface area (Å²) in [4.78, 5) is 51.1. The molecule has 0 bridgehead atoms. The molecule has 316 valence electrons. The van der Waals surface area contributed by atoms with Gasteiger partial charge in [-0.25, -0.2) is 0 Å². The SMILES string of the molecule is COC(=O)CC[C@@H](c1cccc(Cl)c1)[C@@]1(NCC2CC2)C(=O)Nc2cc(Cl)ccc21.COC(=O)CC[C@H](c1cccc(Cl)c1)[C@]1(NCC2CC2)C(=O)Nc2cc(Cl)ccc21. The Hall–Kier alpha value is -4.16. The summed E-state index contributed by atoms with van der Waals surface area (Å²) in [6.07, 6.45) is 5.86. The van der Waals surface area contributed by atoms with Crippen molar-refractivity contribution in [2.24, 2.45) is 11.8 Å². The molecule has 0 unspecified atom stereocenters. The zero-order chi connectivity index (χ0) is 42.6. The van der Waals surface area contributed by atoms with E-state index in [4.69, 9.17) is 55.9 Å². The van der Waals surface area contributed by atoms with Crippen LogP contribution in [0, 0.1) is 11.8 Å². The molecule has 2 saturated carbocycles. The maximum atomic E-state index is 13.5. The van der Waals surface area contributed by atoms with Crippen molar-refractivity contribution in [3.63, 3.8) is 0 Å².